The average Bonchev–Trinajstić information content (AvgIpc) is 2.40. The summed E-state index contributed by atoms with van der Waals surface area (Å²) in [6.45, 7) is 3.54. The van der Waals surface area contributed by atoms with Gasteiger partial charge in [0.1, 0.15) is 21.8 Å². The summed E-state index contributed by atoms with van der Waals surface area (Å²) in [4.78, 5) is 18.8. The topological polar surface area (TPSA) is 55.0 Å². The van der Waals surface area contributed by atoms with Crippen LogP contribution in [0.1, 0.15) is 21.6 Å². The number of H-pyrrole nitrogens is 1. The molecule has 1 heterocycles. The highest BCUT2D eigenvalue weighted by Gasteiger charge is 2.15. The second-order valence-corrected chi connectivity index (χ2v) is 4.73. The van der Waals surface area contributed by atoms with Gasteiger partial charge >= 0.3 is 5.97 Å². The molecule has 20 heavy (non-hydrogen) atoms. The molecule has 1 aromatic carbocycles. The predicted molar refractivity (Wildman–Crippen MR) is 75.6 cm³/mol. The Balaban J connectivity index is 2.64. The Morgan fingerprint density at radius 2 is 2.10 bits per heavy atom. The number of esters is 1. The summed E-state index contributed by atoms with van der Waals surface area (Å²) in [5.74, 6) is -0.475. The van der Waals surface area contributed by atoms with Crippen molar-refractivity contribution >= 4 is 18.2 Å². The van der Waals surface area contributed by atoms with Crippen molar-refractivity contribution in [2.45, 2.75) is 13.8 Å². The molecule has 1 N–H and O–H groups in total. The van der Waals surface area contributed by atoms with Crippen LogP contribution in [-0.4, -0.2) is 23.0 Å². The minimum Gasteiger partial charge on any atom is -0.465 e. The quantitative estimate of drug-likeness (QED) is 0.681. The third-order valence-corrected chi connectivity index (χ3v) is 3.25. The van der Waals surface area contributed by atoms with Gasteiger partial charge < -0.3 is 9.72 Å². The van der Waals surface area contributed by atoms with Crippen molar-refractivity contribution in [1.29, 1.82) is 0 Å². The van der Waals surface area contributed by atoms with E-state index in [0.29, 0.717) is 17.1 Å². The lowest BCUT2D eigenvalue weighted by Crippen LogP contribution is -2.09. The SMILES string of the molecule is COC(=O)c1c(C)[nH]c(-c2cc(F)ccc2C)nc1=S. The molecule has 0 unspecified atom stereocenters. The molecular weight excluding hydrogens is 279 g/mol. The first-order chi connectivity index (χ1) is 9.43. The molecule has 0 saturated heterocycles. The van der Waals surface area contributed by atoms with Crippen LogP contribution < -0.4 is 0 Å². The first kappa shape index (κ1) is 14.3. The summed E-state index contributed by atoms with van der Waals surface area (Å²) >= 11 is 5.12. The molecular formula is C14H13FN2O2S. The maximum Gasteiger partial charge on any atom is 0.342 e. The number of carbonyl (C=O) groups excluding carboxylic acids is 1. The summed E-state index contributed by atoms with van der Waals surface area (Å²) in [6.07, 6.45) is 0. The molecule has 0 amide bonds. The number of aryl methyl sites for hydroxylation is 2. The fourth-order valence-electron chi connectivity index (χ4n) is 1.91. The van der Waals surface area contributed by atoms with Gasteiger partial charge in [-0.3, -0.25) is 0 Å². The van der Waals surface area contributed by atoms with E-state index in [1.165, 1.54) is 19.2 Å². The molecule has 0 saturated carbocycles. The number of carbonyl (C=O) groups is 1. The van der Waals surface area contributed by atoms with Crippen molar-refractivity contribution in [2.24, 2.45) is 0 Å². The van der Waals surface area contributed by atoms with Crippen LogP contribution in [0.2, 0.25) is 0 Å². The van der Waals surface area contributed by atoms with Crippen molar-refractivity contribution in [2.75, 3.05) is 7.11 Å². The van der Waals surface area contributed by atoms with Crippen molar-refractivity contribution in [1.82, 2.24) is 9.97 Å². The number of rotatable bonds is 2. The van der Waals surface area contributed by atoms with Gasteiger partial charge in [0.2, 0.25) is 0 Å². The zero-order chi connectivity index (χ0) is 14.9. The third-order valence-electron chi connectivity index (χ3n) is 2.95. The Morgan fingerprint density at radius 1 is 1.40 bits per heavy atom. The fourth-order valence-corrected chi connectivity index (χ4v) is 2.23. The van der Waals surface area contributed by atoms with Gasteiger partial charge in [0.05, 0.1) is 7.11 Å². The summed E-state index contributed by atoms with van der Waals surface area (Å²) in [5, 5.41) is 0. The van der Waals surface area contributed by atoms with Crippen LogP contribution in [0.4, 0.5) is 4.39 Å². The van der Waals surface area contributed by atoms with Crippen LogP contribution in [-0.2, 0) is 4.74 Å². The van der Waals surface area contributed by atoms with Gasteiger partial charge in [-0.15, -0.1) is 0 Å². The number of hydrogen-bond acceptors (Lipinski definition) is 4. The zero-order valence-corrected chi connectivity index (χ0v) is 12.1. The Hall–Kier alpha value is -2.08. The minimum atomic E-state index is -0.543. The normalized spacial score (nSPS) is 10.4. The van der Waals surface area contributed by atoms with Gasteiger partial charge in [0.15, 0.2) is 0 Å². The number of nitrogens with zero attached hydrogens (tertiary/aromatic N) is 1. The predicted octanol–water partition coefficient (Wildman–Crippen LogP) is 3.35. The first-order valence-corrected chi connectivity index (χ1v) is 6.30. The second-order valence-electron chi connectivity index (χ2n) is 4.34. The second kappa shape index (κ2) is 5.50. The molecule has 0 aliphatic rings. The summed E-state index contributed by atoms with van der Waals surface area (Å²) in [6, 6.07) is 4.41. The number of benzene rings is 1. The van der Waals surface area contributed by atoms with E-state index in [1.54, 1.807) is 13.0 Å². The van der Waals surface area contributed by atoms with Crippen molar-refractivity contribution in [3.8, 4) is 11.4 Å². The largest absolute Gasteiger partial charge is 0.465 e. The van der Waals surface area contributed by atoms with E-state index >= 15 is 0 Å². The average molecular weight is 292 g/mol. The number of aromatic nitrogens is 2. The van der Waals surface area contributed by atoms with Crippen LogP contribution in [0.25, 0.3) is 11.4 Å². The molecule has 0 aliphatic heterocycles. The summed E-state index contributed by atoms with van der Waals surface area (Å²) in [5.41, 5.74) is 2.22. The molecule has 2 rings (SSSR count). The number of aromatic amines is 1. The van der Waals surface area contributed by atoms with Gasteiger partial charge in [0.25, 0.3) is 0 Å². The lowest BCUT2D eigenvalue weighted by molar-refractivity contribution is 0.0598. The molecule has 1 aromatic heterocycles. The summed E-state index contributed by atoms with van der Waals surface area (Å²) in [7, 11) is 1.28. The highest BCUT2D eigenvalue weighted by molar-refractivity contribution is 7.71. The van der Waals surface area contributed by atoms with Gasteiger partial charge in [0, 0.05) is 11.3 Å². The van der Waals surface area contributed by atoms with Crippen LogP contribution in [0.5, 0.6) is 0 Å². The van der Waals surface area contributed by atoms with E-state index in [2.05, 4.69) is 14.7 Å². The van der Waals surface area contributed by atoms with E-state index in [1.807, 2.05) is 6.92 Å². The molecule has 104 valence electrons. The molecule has 0 fully saturated rings. The van der Waals surface area contributed by atoms with E-state index in [-0.39, 0.29) is 16.0 Å². The Labute approximate surface area is 120 Å². The fraction of sp³-hybridized carbons (Fsp3) is 0.214. The zero-order valence-electron chi connectivity index (χ0n) is 11.3. The van der Waals surface area contributed by atoms with Crippen LogP contribution in [0.3, 0.4) is 0 Å². The number of ether oxygens (including phenoxy) is 1. The van der Waals surface area contributed by atoms with E-state index in [0.717, 1.165) is 5.56 Å². The number of halogens is 1. The first-order valence-electron chi connectivity index (χ1n) is 5.89. The van der Waals surface area contributed by atoms with Crippen molar-refractivity contribution in [3.63, 3.8) is 0 Å². The standard InChI is InChI=1S/C14H13FN2O2S/c1-7-4-5-9(15)6-10(7)12-16-8(2)11(13(20)17-12)14(18)19-3/h4-6H,1-3H3,(H,16,17,20). The van der Waals surface area contributed by atoms with Gasteiger partial charge in [-0.05, 0) is 31.5 Å². The number of hydrogen-bond donors (Lipinski definition) is 1. The molecule has 6 heteroatoms. The Bertz CT molecular complexity index is 740. The van der Waals surface area contributed by atoms with E-state index in [9.17, 15) is 9.18 Å². The van der Waals surface area contributed by atoms with Gasteiger partial charge in [-0.2, -0.15) is 0 Å². The maximum atomic E-state index is 13.4. The van der Waals surface area contributed by atoms with Crippen molar-refractivity contribution in [3.05, 3.63) is 45.5 Å². The summed E-state index contributed by atoms with van der Waals surface area (Å²) < 4.78 is 18.1. The maximum absolute atomic E-state index is 13.4. The Morgan fingerprint density at radius 3 is 2.70 bits per heavy atom. The molecule has 0 bridgehead atoms. The van der Waals surface area contributed by atoms with Crippen LogP contribution in [0, 0.1) is 24.3 Å². The van der Waals surface area contributed by atoms with Crippen LogP contribution >= 0.6 is 12.2 Å². The molecule has 0 aliphatic carbocycles. The van der Waals surface area contributed by atoms with Gasteiger partial charge in [-0.25, -0.2) is 14.2 Å². The van der Waals surface area contributed by atoms with Gasteiger partial charge in [-0.1, -0.05) is 18.3 Å². The smallest absolute Gasteiger partial charge is 0.342 e. The number of nitrogens with one attached hydrogen (secondary N) is 1. The molecule has 0 atom stereocenters. The third kappa shape index (κ3) is 2.60. The molecule has 0 radical (unpaired) electrons. The molecule has 4 nitrogen and oxygen atoms in total. The molecule has 0 spiro atoms. The van der Waals surface area contributed by atoms with Crippen molar-refractivity contribution < 1.29 is 13.9 Å². The number of methoxy groups -OCH3 is 1. The van der Waals surface area contributed by atoms with E-state index in [4.69, 9.17) is 12.2 Å². The van der Waals surface area contributed by atoms with E-state index < -0.39 is 5.97 Å². The Kier molecular flexibility index (Phi) is 3.94. The monoisotopic (exact) mass is 292 g/mol. The highest BCUT2D eigenvalue weighted by Crippen LogP contribution is 2.22. The van der Waals surface area contributed by atoms with Crippen LogP contribution in [0.15, 0.2) is 18.2 Å². The minimum absolute atomic E-state index is 0.131. The molecule has 2 aromatic rings. The highest BCUT2D eigenvalue weighted by atomic mass is 32.1. The lowest BCUT2D eigenvalue weighted by Gasteiger charge is -2.09. The lowest BCUT2D eigenvalue weighted by atomic mass is 10.1.